The molecule has 0 heterocycles. The van der Waals surface area contributed by atoms with Crippen LogP contribution < -0.4 is 0 Å². The summed E-state index contributed by atoms with van der Waals surface area (Å²) in [5, 5.41) is 19.7. The Bertz CT molecular complexity index is 1080. The minimum atomic E-state index is -0.333. The van der Waals surface area contributed by atoms with Gasteiger partial charge < -0.3 is 14.9 Å². The normalized spacial score (nSPS) is 12.9. The van der Waals surface area contributed by atoms with E-state index in [4.69, 9.17) is 4.74 Å². The Kier molecular flexibility index (Phi) is 8.23. The van der Waals surface area contributed by atoms with E-state index in [1.807, 2.05) is 24.3 Å². The van der Waals surface area contributed by atoms with Crippen LogP contribution in [0.25, 0.3) is 0 Å². The van der Waals surface area contributed by atoms with Gasteiger partial charge in [-0.1, -0.05) is 99.5 Å². The van der Waals surface area contributed by atoms with E-state index in [-0.39, 0.29) is 23.7 Å². The number of aryl methyl sites for hydroxylation is 2. The molecule has 0 aliphatic carbocycles. The van der Waals surface area contributed by atoms with Crippen LogP contribution in [0.3, 0.4) is 0 Å². The first-order chi connectivity index (χ1) is 17.1. The van der Waals surface area contributed by atoms with Crippen LogP contribution in [0.15, 0.2) is 97.1 Å². The molecule has 2 N–H and O–H groups in total. The van der Waals surface area contributed by atoms with Crippen molar-refractivity contribution in [2.75, 3.05) is 0 Å². The lowest BCUT2D eigenvalue weighted by Gasteiger charge is -2.27. The molecule has 35 heavy (non-hydrogen) atoms. The molecule has 0 aliphatic rings. The van der Waals surface area contributed by atoms with Crippen LogP contribution in [-0.2, 0) is 17.6 Å². The van der Waals surface area contributed by atoms with Crippen molar-refractivity contribution in [2.45, 2.75) is 51.7 Å². The van der Waals surface area contributed by atoms with Gasteiger partial charge in [-0.05, 0) is 70.5 Å². The smallest absolute Gasteiger partial charge is 0.115 e. The lowest BCUT2D eigenvalue weighted by Crippen LogP contribution is -2.13. The van der Waals surface area contributed by atoms with Gasteiger partial charge in [0.15, 0.2) is 0 Å². The number of phenols is 2. The van der Waals surface area contributed by atoms with Gasteiger partial charge in [0.25, 0.3) is 0 Å². The molecule has 3 nitrogen and oxygen atoms in total. The third-order valence-corrected chi connectivity index (χ3v) is 6.31. The number of ether oxygens (including phenoxy) is 1. The third kappa shape index (κ3) is 6.32. The van der Waals surface area contributed by atoms with Gasteiger partial charge in [-0.15, -0.1) is 0 Å². The molecular weight excluding hydrogens is 432 g/mol. The molecule has 180 valence electrons. The highest BCUT2D eigenvalue weighted by Crippen LogP contribution is 2.37. The van der Waals surface area contributed by atoms with Crippen LogP contribution in [0.2, 0.25) is 0 Å². The highest BCUT2D eigenvalue weighted by molar-refractivity contribution is 5.38. The van der Waals surface area contributed by atoms with Gasteiger partial charge in [-0.25, -0.2) is 0 Å². The topological polar surface area (TPSA) is 49.7 Å². The van der Waals surface area contributed by atoms with Crippen molar-refractivity contribution < 1.29 is 14.9 Å². The van der Waals surface area contributed by atoms with Crippen molar-refractivity contribution in [3.63, 3.8) is 0 Å². The van der Waals surface area contributed by atoms with Crippen LogP contribution in [0.5, 0.6) is 11.5 Å². The predicted molar refractivity (Wildman–Crippen MR) is 142 cm³/mol. The summed E-state index contributed by atoms with van der Waals surface area (Å²) in [6.45, 7) is 4.37. The fourth-order valence-corrected chi connectivity index (χ4v) is 4.43. The molecule has 4 aromatic carbocycles. The Morgan fingerprint density at radius 2 is 0.771 bits per heavy atom. The van der Waals surface area contributed by atoms with Gasteiger partial charge in [0.1, 0.15) is 23.7 Å². The van der Waals surface area contributed by atoms with E-state index in [0.29, 0.717) is 0 Å². The van der Waals surface area contributed by atoms with Crippen LogP contribution >= 0.6 is 0 Å². The zero-order valence-electron chi connectivity index (χ0n) is 20.5. The quantitative estimate of drug-likeness (QED) is 0.250. The Morgan fingerprint density at radius 3 is 1.06 bits per heavy atom. The number of benzene rings is 4. The first kappa shape index (κ1) is 24.6. The summed E-state index contributed by atoms with van der Waals surface area (Å²) in [4.78, 5) is 0. The van der Waals surface area contributed by atoms with Gasteiger partial charge in [-0.2, -0.15) is 0 Å². The molecule has 0 amide bonds. The maximum Gasteiger partial charge on any atom is 0.115 e. The molecular formula is C32H34O3. The van der Waals surface area contributed by atoms with Crippen molar-refractivity contribution >= 4 is 0 Å². The molecule has 2 atom stereocenters. The van der Waals surface area contributed by atoms with Gasteiger partial charge >= 0.3 is 0 Å². The SMILES string of the molecule is CCCc1ccc(C(OC(c2ccc(O)cc2)c2ccc(CCC)cc2)c2ccc(O)cc2)cc1. The number of hydrogen-bond donors (Lipinski definition) is 2. The predicted octanol–water partition coefficient (Wildman–Crippen LogP) is 7.90. The van der Waals surface area contributed by atoms with Crippen LogP contribution in [0.4, 0.5) is 0 Å². The number of rotatable bonds is 10. The number of phenolic OH excluding ortho intramolecular Hbond substituents is 2. The molecule has 0 aliphatic heterocycles. The molecule has 3 heteroatoms. The Labute approximate surface area is 208 Å². The molecule has 0 radical (unpaired) electrons. The van der Waals surface area contributed by atoms with Gasteiger partial charge in [0, 0.05) is 0 Å². The molecule has 0 fully saturated rings. The summed E-state index contributed by atoms with van der Waals surface area (Å²) < 4.78 is 6.91. The first-order valence-electron chi connectivity index (χ1n) is 12.5. The molecule has 0 saturated carbocycles. The summed E-state index contributed by atoms with van der Waals surface area (Å²) in [7, 11) is 0. The zero-order valence-corrected chi connectivity index (χ0v) is 20.5. The number of aromatic hydroxyl groups is 2. The highest BCUT2D eigenvalue weighted by Gasteiger charge is 2.23. The van der Waals surface area contributed by atoms with E-state index in [1.54, 1.807) is 24.3 Å². The molecule has 0 spiro atoms. The second kappa shape index (κ2) is 11.7. The largest absolute Gasteiger partial charge is 0.508 e. The average molecular weight is 467 g/mol. The van der Waals surface area contributed by atoms with Crippen molar-refractivity contribution in [3.05, 3.63) is 130 Å². The second-order valence-corrected chi connectivity index (χ2v) is 9.06. The van der Waals surface area contributed by atoms with Gasteiger partial charge in [0.2, 0.25) is 0 Å². The fourth-order valence-electron chi connectivity index (χ4n) is 4.43. The Morgan fingerprint density at radius 1 is 0.486 bits per heavy atom. The maximum atomic E-state index is 9.87. The summed E-state index contributed by atoms with van der Waals surface area (Å²) in [6, 6.07) is 31.7. The molecule has 4 rings (SSSR count). The van der Waals surface area contributed by atoms with Crippen molar-refractivity contribution in [1.82, 2.24) is 0 Å². The van der Waals surface area contributed by atoms with Gasteiger partial charge in [0.05, 0.1) is 0 Å². The monoisotopic (exact) mass is 466 g/mol. The maximum absolute atomic E-state index is 9.87. The Hall–Kier alpha value is -3.56. The molecule has 0 aromatic heterocycles. The van der Waals surface area contributed by atoms with E-state index < -0.39 is 0 Å². The molecule has 4 aromatic rings. The molecule has 2 unspecified atom stereocenters. The standard InChI is InChI=1S/C32H34O3/c1-3-5-23-7-11-25(12-8-23)31(27-15-19-29(33)20-16-27)35-32(28-17-21-30(34)22-18-28)26-13-9-24(6-4-2)10-14-26/h7-22,31-34H,3-6H2,1-2H3. The average Bonchev–Trinajstić information content (AvgIpc) is 2.88. The lowest BCUT2D eigenvalue weighted by molar-refractivity contribution is 0.0308. The van der Waals surface area contributed by atoms with E-state index in [9.17, 15) is 10.2 Å². The van der Waals surface area contributed by atoms with E-state index in [2.05, 4.69) is 62.4 Å². The van der Waals surface area contributed by atoms with E-state index in [0.717, 1.165) is 47.9 Å². The van der Waals surface area contributed by atoms with E-state index in [1.165, 1.54) is 11.1 Å². The number of hydrogen-bond acceptors (Lipinski definition) is 3. The van der Waals surface area contributed by atoms with Gasteiger partial charge in [-0.3, -0.25) is 0 Å². The lowest BCUT2D eigenvalue weighted by atomic mass is 9.96. The van der Waals surface area contributed by atoms with Crippen LogP contribution in [0.1, 0.15) is 72.3 Å². The minimum absolute atomic E-state index is 0.229. The zero-order chi connectivity index (χ0) is 24.6. The summed E-state index contributed by atoms with van der Waals surface area (Å²) in [6.07, 6.45) is 3.64. The van der Waals surface area contributed by atoms with E-state index >= 15 is 0 Å². The first-order valence-corrected chi connectivity index (χ1v) is 12.5. The summed E-state index contributed by atoms with van der Waals surface area (Å²) in [5.41, 5.74) is 6.67. The third-order valence-electron chi connectivity index (χ3n) is 6.31. The second-order valence-electron chi connectivity index (χ2n) is 9.06. The molecule has 0 bridgehead atoms. The fraction of sp³-hybridized carbons (Fsp3) is 0.250. The van der Waals surface area contributed by atoms with Crippen LogP contribution in [-0.4, -0.2) is 10.2 Å². The van der Waals surface area contributed by atoms with Crippen molar-refractivity contribution in [3.8, 4) is 11.5 Å². The Balaban J connectivity index is 1.75. The molecule has 0 saturated heterocycles. The summed E-state index contributed by atoms with van der Waals surface area (Å²) in [5.74, 6) is 0.458. The van der Waals surface area contributed by atoms with Crippen molar-refractivity contribution in [2.24, 2.45) is 0 Å². The van der Waals surface area contributed by atoms with Crippen LogP contribution in [0, 0.1) is 0 Å². The van der Waals surface area contributed by atoms with Crippen molar-refractivity contribution in [1.29, 1.82) is 0 Å². The summed E-state index contributed by atoms with van der Waals surface area (Å²) >= 11 is 0. The minimum Gasteiger partial charge on any atom is -0.508 e. The highest BCUT2D eigenvalue weighted by atomic mass is 16.5.